The maximum absolute atomic E-state index is 13.7. The zero-order valence-electron chi connectivity index (χ0n) is 9.57. The molecule has 21 heavy (non-hydrogen) atoms. The molecule has 1 aliphatic rings. The van der Waals surface area contributed by atoms with Crippen molar-refractivity contribution in [2.45, 2.75) is 35.3 Å². The molecule has 0 aliphatic heterocycles. The molecule has 1 aliphatic carbocycles. The van der Waals surface area contributed by atoms with Crippen LogP contribution in [0.15, 0.2) is 0 Å². The van der Waals surface area contributed by atoms with Gasteiger partial charge >= 0.3 is 35.3 Å². The van der Waals surface area contributed by atoms with E-state index in [2.05, 4.69) is 0 Å². The van der Waals surface area contributed by atoms with E-state index in [9.17, 15) is 53.1 Å². The minimum atomic E-state index is -7.31. The second kappa shape index (κ2) is 3.91. The number of hydrogen-bond donors (Lipinski definition) is 1. The van der Waals surface area contributed by atoms with Gasteiger partial charge in [0.15, 0.2) is 0 Å². The highest BCUT2D eigenvalue weighted by atomic mass is 19.4. The first-order chi connectivity index (χ1) is 8.98. The Hall–Kier alpha value is -1.30. The van der Waals surface area contributed by atoms with E-state index in [1.54, 1.807) is 0 Å². The van der Waals surface area contributed by atoms with E-state index in [0.29, 0.717) is 5.32 Å². The fourth-order valence-electron chi connectivity index (χ4n) is 1.68. The Morgan fingerprint density at radius 1 is 0.619 bits per heavy atom. The van der Waals surface area contributed by atoms with Crippen LogP contribution in [-0.4, -0.2) is 48.2 Å². The third-order valence-electron chi connectivity index (χ3n) is 2.98. The van der Waals surface area contributed by atoms with Crippen molar-refractivity contribution in [3.8, 4) is 0 Å². The first kappa shape index (κ1) is 17.8. The molecule has 0 unspecified atom stereocenters. The standard InChI is InChI=1S/C8H4F11NO/c1-20-2(21)3(9)4(10,11)6(14,15)8(18,19)7(16,17)5(3,12)13/h1H3,(H,20,21). The Balaban J connectivity index is 3.87. The summed E-state index contributed by atoms with van der Waals surface area (Å²) in [5.74, 6) is -39.4. The van der Waals surface area contributed by atoms with E-state index in [1.807, 2.05) is 0 Å². The van der Waals surface area contributed by atoms with Crippen LogP contribution in [0.5, 0.6) is 0 Å². The van der Waals surface area contributed by atoms with Crippen LogP contribution in [0.3, 0.4) is 0 Å². The molecule has 1 rings (SSSR count). The van der Waals surface area contributed by atoms with Gasteiger partial charge in [-0.2, -0.15) is 43.9 Å². The monoisotopic (exact) mass is 339 g/mol. The number of amides is 1. The van der Waals surface area contributed by atoms with Gasteiger partial charge in [-0.3, -0.25) is 4.79 Å². The summed E-state index contributed by atoms with van der Waals surface area (Å²) in [4.78, 5) is 10.7. The fourth-order valence-corrected chi connectivity index (χ4v) is 1.68. The minimum absolute atomic E-state index is 0.179. The molecule has 0 aromatic heterocycles. The largest absolute Gasteiger partial charge is 0.384 e. The first-order valence-corrected chi connectivity index (χ1v) is 4.78. The number of nitrogens with one attached hydrogen (secondary N) is 1. The van der Waals surface area contributed by atoms with Crippen molar-refractivity contribution in [2.75, 3.05) is 7.05 Å². The average molecular weight is 339 g/mol. The number of alkyl halides is 11. The molecule has 124 valence electrons. The average Bonchev–Trinajstić information content (AvgIpc) is 2.34. The zero-order valence-corrected chi connectivity index (χ0v) is 9.57. The summed E-state index contributed by atoms with van der Waals surface area (Å²) in [5.41, 5.74) is -6.59. The van der Waals surface area contributed by atoms with E-state index in [-0.39, 0.29) is 7.05 Å². The third kappa shape index (κ3) is 1.42. The zero-order chi connectivity index (χ0) is 17.3. The predicted molar refractivity (Wildman–Crippen MR) is 42.6 cm³/mol. The Bertz CT molecular complexity index is 441. The molecular weight excluding hydrogens is 335 g/mol. The van der Waals surface area contributed by atoms with Crippen LogP contribution in [0.2, 0.25) is 0 Å². The number of halogens is 11. The van der Waals surface area contributed by atoms with E-state index < -0.39 is 41.2 Å². The molecule has 0 aromatic rings. The van der Waals surface area contributed by atoms with E-state index in [1.165, 1.54) is 0 Å². The second-order valence-corrected chi connectivity index (χ2v) is 4.11. The van der Waals surface area contributed by atoms with Crippen LogP contribution >= 0.6 is 0 Å². The smallest absolute Gasteiger partial charge is 0.356 e. The highest BCUT2D eigenvalue weighted by Gasteiger charge is 3.02. The lowest BCUT2D eigenvalue weighted by molar-refractivity contribution is -0.476. The molecule has 0 radical (unpaired) electrons. The Labute approximate surface area is 108 Å². The number of hydrogen-bond acceptors (Lipinski definition) is 1. The molecule has 0 bridgehead atoms. The number of carbonyl (C=O) groups is 1. The van der Waals surface area contributed by atoms with Crippen LogP contribution in [0, 0.1) is 0 Å². The van der Waals surface area contributed by atoms with Crippen LogP contribution < -0.4 is 5.32 Å². The van der Waals surface area contributed by atoms with Crippen molar-refractivity contribution < 1.29 is 53.1 Å². The van der Waals surface area contributed by atoms with Crippen LogP contribution in [0.25, 0.3) is 0 Å². The fraction of sp³-hybridized carbons (Fsp3) is 0.875. The van der Waals surface area contributed by atoms with E-state index in [0.717, 1.165) is 0 Å². The van der Waals surface area contributed by atoms with Crippen molar-refractivity contribution in [1.29, 1.82) is 0 Å². The van der Waals surface area contributed by atoms with E-state index in [4.69, 9.17) is 0 Å². The second-order valence-electron chi connectivity index (χ2n) is 4.11. The molecule has 2 nitrogen and oxygen atoms in total. The maximum Gasteiger partial charge on any atom is 0.384 e. The lowest BCUT2D eigenvalue weighted by Gasteiger charge is -2.51. The van der Waals surface area contributed by atoms with Gasteiger partial charge in [0.1, 0.15) is 0 Å². The molecule has 0 spiro atoms. The van der Waals surface area contributed by atoms with Crippen molar-refractivity contribution in [3.05, 3.63) is 0 Å². The summed E-state index contributed by atoms with van der Waals surface area (Å²) >= 11 is 0. The maximum atomic E-state index is 13.7. The quantitative estimate of drug-likeness (QED) is 0.732. The van der Waals surface area contributed by atoms with Crippen molar-refractivity contribution >= 4 is 5.91 Å². The van der Waals surface area contributed by atoms with Crippen molar-refractivity contribution in [1.82, 2.24) is 5.32 Å². The molecule has 0 saturated heterocycles. The molecule has 1 amide bonds. The third-order valence-corrected chi connectivity index (χ3v) is 2.98. The van der Waals surface area contributed by atoms with Crippen LogP contribution in [0.4, 0.5) is 48.3 Å². The van der Waals surface area contributed by atoms with Crippen LogP contribution in [-0.2, 0) is 4.79 Å². The molecule has 13 heteroatoms. The summed E-state index contributed by atoms with van der Waals surface area (Å²) in [7, 11) is 0.179. The summed E-state index contributed by atoms with van der Waals surface area (Å²) in [6.45, 7) is 0. The number of rotatable bonds is 1. The van der Waals surface area contributed by atoms with Crippen molar-refractivity contribution in [2.24, 2.45) is 0 Å². The summed E-state index contributed by atoms with van der Waals surface area (Å²) in [6, 6.07) is 0. The Kier molecular flexibility index (Phi) is 3.31. The SMILES string of the molecule is CNC(=O)C1(F)C(F)(F)C(F)(F)C(F)(F)C(F)(F)C1(F)F. The van der Waals surface area contributed by atoms with Gasteiger partial charge in [0.25, 0.3) is 5.91 Å². The molecule has 0 heterocycles. The van der Waals surface area contributed by atoms with Gasteiger partial charge in [0.05, 0.1) is 0 Å². The summed E-state index contributed by atoms with van der Waals surface area (Å²) in [5, 5.41) is 0.704. The van der Waals surface area contributed by atoms with E-state index >= 15 is 0 Å². The van der Waals surface area contributed by atoms with Crippen LogP contribution in [0.1, 0.15) is 0 Å². The topological polar surface area (TPSA) is 29.1 Å². The summed E-state index contributed by atoms with van der Waals surface area (Å²) in [6.07, 6.45) is 0. The predicted octanol–water partition coefficient (Wildman–Crippen LogP) is 2.63. The van der Waals surface area contributed by atoms with Gasteiger partial charge in [-0.05, 0) is 0 Å². The molecule has 0 atom stereocenters. The Morgan fingerprint density at radius 3 is 1.10 bits per heavy atom. The van der Waals surface area contributed by atoms with Gasteiger partial charge in [-0.25, -0.2) is 4.39 Å². The minimum Gasteiger partial charge on any atom is -0.356 e. The first-order valence-electron chi connectivity index (χ1n) is 4.78. The van der Waals surface area contributed by atoms with Crippen molar-refractivity contribution in [3.63, 3.8) is 0 Å². The van der Waals surface area contributed by atoms with Gasteiger partial charge in [-0.1, -0.05) is 0 Å². The molecule has 0 aromatic carbocycles. The van der Waals surface area contributed by atoms with Gasteiger partial charge in [-0.15, -0.1) is 0 Å². The molecular formula is C8H4F11NO. The summed E-state index contributed by atoms with van der Waals surface area (Å²) < 4.78 is 143. The normalized spacial score (nSPS) is 30.5. The highest BCUT2D eigenvalue weighted by Crippen LogP contribution is 2.69. The number of carbonyl (C=O) groups excluding carboxylic acids is 1. The van der Waals surface area contributed by atoms with Gasteiger partial charge in [0.2, 0.25) is 0 Å². The Morgan fingerprint density at radius 2 is 0.857 bits per heavy atom. The van der Waals surface area contributed by atoms with Gasteiger partial charge in [0, 0.05) is 7.05 Å². The highest BCUT2D eigenvalue weighted by molar-refractivity contribution is 5.88. The molecule has 1 fully saturated rings. The molecule has 1 saturated carbocycles. The van der Waals surface area contributed by atoms with Gasteiger partial charge < -0.3 is 5.32 Å². The molecule has 1 N–H and O–H groups in total. The lowest BCUT2D eigenvalue weighted by atomic mass is 9.71. The lowest BCUT2D eigenvalue weighted by Crippen LogP contribution is -2.86.